The van der Waals surface area contributed by atoms with E-state index in [2.05, 4.69) is 52.9 Å². The zero-order valence-corrected chi connectivity index (χ0v) is 36.9. The molecule has 0 aliphatic carbocycles. The summed E-state index contributed by atoms with van der Waals surface area (Å²) in [5, 5.41) is 29.3. The summed E-state index contributed by atoms with van der Waals surface area (Å²) >= 11 is 8.08. The van der Waals surface area contributed by atoms with E-state index in [4.69, 9.17) is 19.8 Å². The molecule has 0 atom stereocenters. The number of hydrazone groups is 2. The Kier molecular flexibility index (Phi) is 29.2. The van der Waals surface area contributed by atoms with Crippen LogP contribution in [0.25, 0.3) is 0 Å². The van der Waals surface area contributed by atoms with Crippen molar-refractivity contribution in [1.82, 2.24) is 20.8 Å². The number of thiol groups is 1. The molecule has 1 aliphatic heterocycles. The molecule has 3 heterocycles. The average molecular weight is 1070 g/mol. The van der Waals surface area contributed by atoms with E-state index in [9.17, 15) is 14.7 Å². The number of aromatic hydroxyl groups is 1. The van der Waals surface area contributed by atoms with Gasteiger partial charge >= 0.3 is 79.7 Å². The summed E-state index contributed by atoms with van der Waals surface area (Å²) in [5.41, 5.74) is 7.24. The number of aromatic nitrogens is 2. The average Bonchev–Trinajstić information content (AvgIpc) is 3.37. The zero-order chi connectivity index (χ0) is 38.3. The molecule has 1 aliphatic rings. The van der Waals surface area contributed by atoms with E-state index in [1.807, 2.05) is 95.5 Å². The van der Waals surface area contributed by atoms with Gasteiger partial charge in [-0.3, -0.25) is 30.1 Å². The summed E-state index contributed by atoms with van der Waals surface area (Å²) in [5.74, 6) is -0.514. The van der Waals surface area contributed by atoms with Gasteiger partial charge in [0.2, 0.25) is 0 Å². The monoisotopic (exact) mass is 1070 g/mol. The van der Waals surface area contributed by atoms with Crippen molar-refractivity contribution in [3.8, 4) is 5.75 Å². The van der Waals surface area contributed by atoms with Crippen LogP contribution in [0.1, 0.15) is 59.5 Å². The third-order valence-electron chi connectivity index (χ3n) is 7.06. The number of phenolic OH excluding ortho intramolecular Hbond substituents is 1. The smallest absolute Gasteiger partial charge is 0.107 e. The molecule has 21 heteroatoms. The van der Waals surface area contributed by atoms with E-state index >= 15 is 0 Å². The fourth-order valence-corrected chi connectivity index (χ4v) is 3.87. The second-order valence-corrected chi connectivity index (χ2v) is 12.4. The first kappa shape index (κ1) is 53.0. The van der Waals surface area contributed by atoms with Gasteiger partial charge in [-0.1, -0.05) is 36.4 Å². The van der Waals surface area contributed by atoms with Crippen LogP contribution in [0.4, 0.5) is 0 Å². The van der Waals surface area contributed by atoms with E-state index in [1.54, 1.807) is 71.2 Å². The summed E-state index contributed by atoms with van der Waals surface area (Å²) in [6.07, 6.45) is 9.16. The molecule has 5 N–H and O–H groups in total. The van der Waals surface area contributed by atoms with Crippen LogP contribution in [0.5, 0.6) is 5.75 Å². The number of para-hydroxylation sites is 1. The molecule has 0 saturated carbocycles. The number of hydrogen-bond acceptors (Lipinski definition) is 13. The maximum Gasteiger partial charge on any atom is 3.00 e. The van der Waals surface area contributed by atoms with Gasteiger partial charge in [-0.15, -0.1) is 9.80 Å². The van der Waals surface area contributed by atoms with Crippen molar-refractivity contribution in [1.29, 1.82) is 0 Å². The summed E-state index contributed by atoms with van der Waals surface area (Å²) in [7, 11) is 3.01. The van der Waals surface area contributed by atoms with E-state index in [1.165, 1.54) is 18.6 Å². The van der Waals surface area contributed by atoms with Crippen molar-refractivity contribution in [2.45, 2.75) is 38.9 Å². The minimum atomic E-state index is -0.487. The molecule has 278 valence electrons. The normalized spacial score (nSPS) is 12.9. The number of rotatable bonds is 7. The van der Waals surface area contributed by atoms with Gasteiger partial charge in [0.1, 0.15) is 5.75 Å². The van der Waals surface area contributed by atoms with Crippen LogP contribution in [-0.4, -0.2) is 72.2 Å². The van der Waals surface area contributed by atoms with Gasteiger partial charge in [0.05, 0.1) is 23.6 Å². The predicted molar refractivity (Wildman–Crippen MR) is 224 cm³/mol. The molecule has 4 aromatic rings. The minimum absolute atomic E-state index is 0. The van der Waals surface area contributed by atoms with E-state index < -0.39 is 18.3 Å². The predicted octanol–water partition coefficient (Wildman–Crippen LogP) is 6.13. The molecule has 0 bridgehead atoms. The number of phenols is 1. The summed E-state index contributed by atoms with van der Waals surface area (Å²) < 4.78 is 13.8. The molecular weight excluding hydrogens is 1030 g/mol. The molecule has 2 aromatic carbocycles. The van der Waals surface area contributed by atoms with Crippen molar-refractivity contribution < 1.29 is 68.7 Å². The van der Waals surface area contributed by atoms with Gasteiger partial charge in [-0.2, -0.15) is 10.2 Å². The van der Waals surface area contributed by atoms with Crippen LogP contribution >= 0.6 is 65.4 Å². The maximum atomic E-state index is 12.0. The van der Waals surface area contributed by atoms with Crippen LogP contribution in [0.3, 0.4) is 0 Å². The Hall–Kier alpha value is -2.14. The van der Waals surface area contributed by atoms with Crippen molar-refractivity contribution in [3.05, 3.63) is 120 Å². The number of carbonyl (C=O) groups is 2. The Labute approximate surface area is 367 Å². The standard InChI is InChI=1S/C19H22BN3O3.C13H11N3O2.BIS.2Fe.HIS.H2O2/c1-18(2)19(3,4)26-20(25-18)16-8-6-5-7-15(16)13-22-23-17(24)14-9-11-21-12-10-14;17-12-4-2-1-3-11(12)9-15-16-13(18)10-5-7-14-8-6-10;2-1-3;;;2*1-2/h5-13H,1-4H3,(H,23,24);1-9,17H,(H,16,18);;;;2H;1-2H/q;;;2*+3;;/b22-13+;15-9+;;;;;. The van der Waals surface area contributed by atoms with Crippen LogP contribution in [0.2, 0.25) is 0 Å². The van der Waals surface area contributed by atoms with Crippen molar-refractivity contribution >= 4 is 106 Å². The van der Waals surface area contributed by atoms with E-state index in [-0.39, 0.29) is 51.7 Å². The van der Waals surface area contributed by atoms with Gasteiger partial charge in [0.25, 0.3) is 11.8 Å². The maximum absolute atomic E-state index is 12.0. The van der Waals surface area contributed by atoms with Crippen LogP contribution in [0.15, 0.2) is 108 Å². The van der Waals surface area contributed by atoms with E-state index in [0.29, 0.717) is 16.7 Å². The number of nitrogens with one attached hydrogen (secondary N) is 2. The Morgan fingerprint density at radius 3 is 1.55 bits per heavy atom. The van der Waals surface area contributed by atoms with Gasteiger partial charge in [0, 0.05) is 41.5 Å². The number of benzene rings is 2. The number of nitrogens with zero attached hydrogens (tertiary/aromatic N) is 4. The minimum Gasteiger partial charge on any atom is -0.107 e. The second-order valence-electron chi connectivity index (χ2n) is 10.7. The molecule has 0 unspecified atom stereocenters. The third kappa shape index (κ3) is 18.4. The molecule has 13 nitrogen and oxygen atoms in total. The van der Waals surface area contributed by atoms with Crippen LogP contribution < -0.4 is 16.3 Å². The second kappa shape index (κ2) is 29.2. The topological polar surface area (TPSA) is 188 Å². The quantitative estimate of drug-likeness (QED) is 0.0314. The fourth-order valence-electron chi connectivity index (χ4n) is 3.87. The SMILES string of the molecule is CC1(C)OB(c2ccccc2/C=N/NC(=O)c2ccncc2)OC1(C)C.O=C(N/N=C/c1ccccc1O)c1ccncc1.OO.S=BI.SI.[Fe+3].[Fe+3]. The number of halogens is 2. The fraction of sp³-hybridized carbons (Fsp3) is 0.188. The molecule has 5 rings (SSSR count). The molecule has 53 heavy (non-hydrogen) atoms. The molecule has 1 saturated heterocycles. The Morgan fingerprint density at radius 1 is 0.774 bits per heavy atom. The Morgan fingerprint density at radius 2 is 1.13 bits per heavy atom. The van der Waals surface area contributed by atoms with Crippen molar-refractivity contribution in [2.75, 3.05) is 0 Å². The Balaban J connectivity index is 0. The first-order valence-corrected chi connectivity index (χ1v) is 19.5. The summed E-state index contributed by atoms with van der Waals surface area (Å²) in [4.78, 5) is 31.4. The van der Waals surface area contributed by atoms with Gasteiger partial charge in [-0.05, 0) is 96.3 Å². The van der Waals surface area contributed by atoms with Crippen molar-refractivity contribution in [2.24, 2.45) is 10.2 Å². The van der Waals surface area contributed by atoms with Crippen molar-refractivity contribution in [3.63, 3.8) is 0 Å². The van der Waals surface area contributed by atoms with Gasteiger partial charge in [-0.25, -0.2) is 10.9 Å². The summed E-state index contributed by atoms with van der Waals surface area (Å²) in [6.45, 7) is 8.05. The molecule has 2 radical (unpaired) electrons. The largest absolute Gasteiger partial charge is 3.00 e. The van der Waals surface area contributed by atoms with Gasteiger partial charge < -0.3 is 14.4 Å². The number of hydrogen-bond donors (Lipinski definition) is 6. The first-order chi connectivity index (χ1) is 24.5. The summed E-state index contributed by atoms with van der Waals surface area (Å²) in [6, 6.07) is 20.8. The van der Waals surface area contributed by atoms with Crippen LogP contribution in [-0.2, 0) is 43.4 Å². The molecule has 2 aromatic heterocycles. The molecule has 0 spiro atoms. The number of pyridine rings is 2. The number of amides is 2. The molecule has 1 fully saturated rings. The molecular formula is C32H36B2Fe2I2N6O7S2+6. The zero-order valence-electron chi connectivity index (χ0n) is 28.6. The van der Waals surface area contributed by atoms with E-state index in [0.717, 1.165) is 11.0 Å². The van der Waals surface area contributed by atoms with Crippen LogP contribution in [0, 0.1) is 0 Å². The van der Waals surface area contributed by atoms with Gasteiger partial charge in [0.15, 0.2) is 0 Å². The Bertz CT molecular complexity index is 1710. The molecule has 2 amide bonds. The first-order valence-electron chi connectivity index (χ1n) is 14.6. The number of carbonyl (C=O) groups excluding carboxylic acids is 2. The third-order valence-corrected chi connectivity index (χ3v) is 7.06.